The molecule has 18 heavy (non-hydrogen) atoms. The van der Waals surface area contributed by atoms with Crippen molar-refractivity contribution in [2.75, 3.05) is 0 Å². The van der Waals surface area contributed by atoms with Crippen molar-refractivity contribution in [3.05, 3.63) is 35.9 Å². The first-order chi connectivity index (χ1) is 8.21. The molecule has 0 aliphatic heterocycles. The van der Waals surface area contributed by atoms with Crippen LogP contribution in [0.2, 0.25) is 39.3 Å². The largest absolute Gasteiger partial charge is 0.0743 e. The van der Waals surface area contributed by atoms with E-state index in [9.17, 15) is 0 Å². The van der Waals surface area contributed by atoms with Crippen LogP contribution in [0.1, 0.15) is 5.56 Å². The Balaban J connectivity index is 3.04. The Morgan fingerprint density at radius 1 is 0.889 bits per heavy atom. The lowest BCUT2D eigenvalue weighted by Crippen LogP contribution is -2.48. The van der Waals surface area contributed by atoms with Crippen LogP contribution in [0.15, 0.2) is 30.3 Å². The SMILES string of the molecule is C[Si](C)(C)C(=PC#Cc1ccccc1)[Si](C)(C)C. The molecule has 0 N–H and O–H groups in total. The van der Waals surface area contributed by atoms with Gasteiger partial charge in [0.15, 0.2) is 0 Å². The van der Waals surface area contributed by atoms with Gasteiger partial charge in [0.1, 0.15) is 0 Å². The zero-order chi connectivity index (χ0) is 13.8. The molecule has 1 aromatic carbocycles. The fraction of sp³-hybridized carbons (Fsp3) is 0.400. The fourth-order valence-corrected chi connectivity index (χ4v) is 14.4. The van der Waals surface area contributed by atoms with Crippen LogP contribution in [0.3, 0.4) is 0 Å². The Hall–Kier alpha value is -0.616. The molecule has 0 aliphatic rings. The quantitative estimate of drug-likeness (QED) is 0.414. The summed E-state index contributed by atoms with van der Waals surface area (Å²) in [6.07, 6.45) is 0. The smallest absolute Gasteiger partial charge is 0.0659 e. The van der Waals surface area contributed by atoms with E-state index in [2.05, 4.69) is 63.0 Å². The summed E-state index contributed by atoms with van der Waals surface area (Å²) in [4.78, 5) is 0. The van der Waals surface area contributed by atoms with Crippen molar-refractivity contribution in [1.82, 2.24) is 0 Å². The Morgan fingerprint density at radius 2 is 1.39 bits per heavy atom. The Bertz CT molecular complexity index is 463. The average molecular weight is 290 g/mol. The van der Waals surface area contributed by atoms with Crippen LogP contribution >= 0.6 is 8.20 Å². The van der Waals surface area contributed by atoms with Gasteiger partial charge in [0.2, 0.25) is 0 Å². The molecule has 96 valence electrons. The minimum absolute atomic E-state index is 1.12. The second kappa shape index (κ2) is 6.02. The second-order valence-electron chi connectivity index (χ2n) is 6.56. The van der Waals surface area contributed by atoms with E-state index in [1.807, 2.05) is 18.2 Å². The van der Waals surface area contributed by atoms with E-state index < -0.39 is 16.1 Å². The van der Waals surface area contributed by atoms with Crippen LogP contribution in [0.4, 0.5) is 0 Å². The predicted octanol–water partition coefficient (Wildman–Crippen LogP) is 4.87. The fourth-order valence-electron chi connectivity index (χ4n) is 2.13. The predicted molar refractivity (Wildman–Crippen MR) is 91.9 cm³/mol. The van der Waals surface area contributed by atoms with E-state index in [4.69, 9.17) is 0 Å². The highest BCUT2D eigenvalue weighted by atomic mass is 31.1. The molecule has 0 fully saturated rings. The second-order valence-corrected chi connectivity index (χ2v) is 18.8. The molecule has 0 unspecified atom stereocenters. The summed E-state index contributed by atoms with van der Waals surface area (Å²) in [5, 5.41) is 0. The molecule has 1 rings (SSSR count). The topological polar surface area (TPSA) is 0 Å². The van der Waals surface area contributed by atoms with Crippen LogP contribution in [-0.2, 0) is 0 Å². The lowest BCUT2D eigenvalue weighted by atomic mass is 10.2. The minimum Gasteiger partial charge on any atom is -0.0659 e. The number of hydrogen-bond donors (Lipinski definition) is 0. The molecule has 0 amide bonds. The van der Waals surface area contributed by atoms with Crippen molar-refractivity contribution in [3.8, 4) is 11.6 Å². The maximum Gasteiger partial charge on any atom is 0.0743 e. The number of hydrogen-bond acceptors (Lipinski definition) is 0. The van der Waals surface area contributed by atoms with E-state index >= 15 is 0 Å². The number of rotatable bonds is 2. The van der Waals surface area contributed by atoms with Gasteiger partial charge >= 0.3 is 0 Å². The molecule has 0 aliphatic carbocycles. The highest BCUT2D eigenvalue weighted by molar-refractivity contribution is 7.65. The van der Waals surface area contributed by atoms with Crippen molar-refractivity contribution in [3.63, 3.8) is 0 Å². The molecule has 0 bridgehead atoms. The summed E-state index contributed by atoms with van der Waals surface area (Å²) in [6, 6.07) is 10.3. The lowest BCUT2D eigenvalue weighted by molar-refractivity contribution is 1.65. The first-order valence-electron chi connectivity index (χ1n) is 6.36. The molecule has 0 radical (unpaired) electrons. The molecule has 1 aromatic rings. The van der Waals surface area contributed by atoms with E-state index in [1.54, 1.807) is 4.54 Å². The van der Waals surface area contributed by atoms with Gasteiger partial charge in [-0.05, 0) is 26.0 Å². The first kappa shape index (κ1) is 15.4. The molecular formula is C15H23PSi2. The number of benzene rings is 1. The molecule has 0 saturated heterocycles. The Morgan fingerprint density at radius 3 is 1.83 bits per heavy atom. The summed E-state index contributed by atoms with van der Waals surface area (Å²) in [5.74, 6) is 3.28. The standard InChI is InChI=1S/C15H23PSi2/c1-17(2,3)15(18(4,5)6)16-13-12-14-10-8-7-9-11-14/h7-11H,1-6H3. The lowest BCUT2D eigenvalue weighted by Gasteiger charge is -2.29. The van der Waals surface area contributed by atoms with Crippen molar-refractivity contribution in [2.24, 2.45) is 0 Å². The van der Waals surface area contributed by atoms with Crippen LogP contribution in [-0.4, -0.2) is 20.7 Å². The molecular weight excluding hydrogens is 267 g/mol. The monoisotopic (exact) mass is 290 g/mol. The van der Waals surface area contributed by atoms with Gasteiger partial charge in [0, 0.05) is 5.56 Å². The van der Waals surface area contributed by atoms with Crippen molar-refractivity contribution >= 4 is 28.9 Å². The Kier molecular flexibility index (Phi) is 5.16. The zero-order valence-corrected chi connectivity index (χ0v) is 15.2. The van der Waals surface area contributed by atoms with Crippen LogP contribution in [0.25, 0.3) is 0 Å². The molecule has 0 saturated carbocycles. The maximum atomic E-state index is 3.37. The summed E-state index contributed by atoms with van der Waals surface area (Å²) in [6.45, 7) is 14.7. The van der Waals surface area contributed by atoms with Gasteiger partial charge in [-0.1, -0.05) is 67.9 Å². The zero-order valence-electron chi connectivity index (χ0n) is 12.3. The van der Waals surface area contributed by atoms with Gasteiger partial charge in [-0.15, -0.1) is 0 Å². The molecule has 0 nitrogen and oxygen atoms in total. The molecule has 0 spiro atoms. The van der Waals surface area contributed by atoms with Crippen molar-refractivity contribution in [1.29, 1.82) is 0 Å². The van der Waals surface area contributed by atoms with E-state index in [0.717, 1.165) is 5.56 Å². The third-order valence-corrected chi connectivity index (χ3v) is 15.0. The third kappa shape index (κ3) is 4.94. The van der Waals surface area contributed by atoms with E-state index in [0.29, 0.717) is 0 Å². The highest BCUT2D eigenvalue weighted by Gasteiger charge is 2.31. The van der Waals surface area contributed by atoms with Gasteiger partial charge in [0.05, 0.1) is 16.1 Å². The summed E-state index contributed by atoms with van der Waals surface area (Å²) in [7, 11) is -1.12. The summed E-state index contributed by atoms with van der Waals surface area (Å²) in [5.41, 5.74) is 4.49. The van der Waals surface area contributed by atoms with Gasteiger partial charge in [-0.25, -0.2) is 0 Å². The molecule has 0 aromatic heterocycles. The van der Waals surface area contributed by atoms with Gasteiger partial charge in [-0.3, -0.25) is 0 Å². The Labute approximate surface area is 116 Å². The first-order valence-corrected chi connectivity index (χ1v) is 14.3. The minimum atomic E-state index is -1.20. The normalized spacial score (nSPS) is 11.9. The maximum absolute atomic E-state index is 3.37. The van der Waals surface area contributed by atoms with Crippen LogP contribution < -0.4 is 0 Å². The van der Waals surface area contributed by atoms with Gasteiger partial charge in [-0.2, -0.15) is 0 Å². The summed E-state index contributed by atoms with van der Waals surface area (Å²) >= 11 is 0. The molecule has 0 atom stereocenters. The third-order valence-electron chi connectivity index (χ3n) is 2.56. The summed E-state index contributed by atoms with van der Waals surface area (Å²) < 4.78 is 1.76. The van der Waals surface area contributed by atoms with Crippen LogP contribution in [0, 0.1) is 11.6 Å². The van der Waals surface area contributed by atoms with E-state index in [-0.39, 0.29) is 0 Å². The van der Waals surface area contributed by atoms with Gasteiger partial charge in [0.25, 0.3) is 0 Å². The molecule has 3 heteroatoms. The van der Waals surface area contributed by atoms with E-state index in [1.165, 1.54) is 8.20 Å². The van der Waals surface area contributed by atoms with Gasteiger partial charge < -0.3 is 0 Å². The molecule has 0 heterocycles. The van der Waals surface area contributed by atoms with Crippen LogP contribution in [0.5, 0.6) is 0 Å². The van der Waals surface area contributed by atoms with Crippen molar-refractivity contribution in [2.45, 2.75) is 39.3 Å². The van der Waals surface area contributed by atoms with Crippen molar-refractivity contribution < 1.29 is 0 Å². The highest BCUT2D eigenvalue weighted by Crippen LogP contribution is 2.21. The average Bonchev–Trinajstić information content (AvgIpc) is 2.22.